The van der Waals surface area contributed by atoms with E-state index < -0.39 is 5.97 Å². The molecule has 0 aliphatic carbocycles. The van der Waals surface area contributed by atoms with E-state index in [1.165, 1.54) is 11.8 Å². The Morgan fingerprint density at radius 1 is 1.16 bits per heavy atom. The predicted molar refractivity (Wildman–Crippen MR) is 156 cm³/mol. The summed E-state index contributed by atoms with van der Waals surface area (Å²) in [5.41, 5.74) is 4.45. The maximum Gasteiger partial charge on any atom is 0.303 e. The summed E-state index contributed by atoms with van der Waals surface area (Å²) in [5.74, 6) is -0.0799. The van der Waals surface area contributed by atoms with Gasteiger partial charge < -0.3 is 9.84 Å². The SMILES string of the molecule is CCCOc1ccc(-c2nn(-c3ccccc3)cc2/C=C2\SC(=S)N(CCCCCC(=O)O)C2=O)cc1C. The molecular formula is C29H31N3O4S2. The zero-order valence-corrected chi connectivity index (χ0v) is 23.2. The summed E-state index contributed by atoms with van der Waals surface area (Å²) in [7, 11) is 0. The number of carboxylic acids is 1. The van der Waals surface area contributed by atoms with Crippen LogP contribution in [0, 0.1) is 6.92 Å². The number of aromatic nitrogens is 2. The molecule has 3 aromatic rings. The second-order valence-electron chi connectivity index (χ2n) is 9.08. The number of carboxylic acid groups (broad SMARTS) is 1. The smallest absolute Gasteiger partial charge is 0.303 e. The number of nitrogens with zero attached hydrogens (tertiary/aromatic N) is 3. The fourth-order valence-corrected chi connectivity index (χ4v) is 5.46. The van der Waals surface area contributed by atoms with Crippen LogP contribution in [-0.2, 0) is 9.59 Å². The number of thiocarbonyl (C=S) groups is 1. The van der Waals surface area contributed by atoms with Crippen molar-refractivity contribution in [1.82, 2.24) is 14.7 Å². The summed E-state index contributed by atoms with van der Waals surface area (Å²) >= 11 is 6.79. The molecule has 1 saturated heterocycles. The Bertz CT molecular complexity index is 1350. The first kappa shape index (κ1) is 27.6. The zero-order chi connectivity index (χ0) is 27.1. The van der Waals surface area contributed by atoms with E-state index in [9.17, 15) is 9.59 Å². The number of para-hydroxylation sites is 1. The molecule has 1 aliphatic heterocycles. The summed E-state index contributed by atoms with van der Waals surface area (Å²) in [6.07, 6.45) is 6.89. The highest BCUT2D eigenvalue weighted by Gasteiger charge is 2.32. The topological polar surface area (TPSA) is 84.7 Å². The first-order valence-corrected chi connectivity index (χ1v) is 14.0. The van der Waals surface area contributed by atoms with Crippen LogP contribution in [0.4, 0.5) is 0 Å². The van der Waals surface area contributed by atoms with Gasteiger partial charge in [-0.25, -0.2) is 4.68 Å². The van der Waals surface area contributed by atoms with Gasteiger partial charge in [0.05, 0.1) is 17.2 Å². The normalized spacial score (nSPS) is 14.5. The molecule has 1 N–H and O–H groups in total. The molecule has 0 unspecified atom stereocenters. The van der Waals surface area contributed by atoms with Crippen molar-refractivity contribution < 1.29 is 19.4 Å². The number of benzene rings is 2. The standard InChI is InChI=1S/C29H31N3O4S2/c1-3-16-36-24-14-13-21(17-20(24)2)27-22(19-32(30-27)23-10-6-4-7-11-23)18-25-28(35)31(29(37)38-25)15-9-5-8-12-26(33)34/h4,6-7,10-11,13-14,17-19H,3,5,8-9,12,15-16H2,1-2H3,(H,33,34)/b25-18-. The van der Waals surface area contributed by atoms with Crippen molar-refractivity contribution in [2.24, 2.45) is 0 Å². The van der Waals surface area contributed by atoms with E-state index in [0.29, 0.717) is 35.2 Å². The van der Waals surface area contributed by atoms with Crippen LogP contribution in [0.25, 0.3) is 23.0 Å². The Balaban J connectivity index is 1.62. The van der Waals surface area contributed by atoms with Crippen molar-refractivity contribution >= 4 is 46.3 Å². The minimum absolute atomic E-state index is 0.129. The number of carbonyl (C=O) groups excluding carboxylic acids is 1. The molecule has 0 saturated carbocycles. The lowest BCUT2D eigenvalue weighted by atomic mass is 10.0. The second-order valence-corrected chi connectivity index (χ2v) is 10.8. The average molecular weight is 550 g/mol. The third-order valence-electron chi connectivity index (χ3n) is 6.11. The lowest BCUT2D eigenvalue weighted by molar-refractivity contribution is -0.137. The third-order valence-corrected chi connectivity index (χ3v) is 7.48. The third kappa shape index (κ3) is 6.71. The van der Waals surface area contributed by atoms with Crippen molar-refractivity contribution in [3.05, 3.63) is 70.8 Å². The predicted octanol–water partition coefficient (Wildman–Crippen LogP) is 6.48. The van der Waals surface area contributed by atoms with Crippen molar-refractivity contribution in [3.8, 4) is 22.7 Å². The lowest BCUT2D eigenvalue weighted by Crippen LogP contribution is -2.29. The molecular weight excluding hydrogens is 518 g/mol. The van der Waals surface area contributed by atoms with Crippen LogP contribution in [0.5, 0.6) is 5.75 Å². The van der Waals surface area contributed by atoms with Gasteiger partial charge in [0.15, 0.2) is 0 Å². The fourth-order valence-electron chi connectivity index (χ4n) is 4.16. The van der Waals surface area contributed by atoms with Gasteiger partial charge in [0.2, 0.25) is 0 Å². The minimum Gasteiger partial charge on any atom is -0.493 e. The lowest BCUT2D eigenvalue weighted by Gasteiger charge is -2.13. The number of thioether (sulfide) groups is 1. The number of aliphatic carboxylic acids is 1. The Hall–Kier alpha value is -3.43. The quantitative estimate of drug-likeness (QED) is 0.157. The molecule has 1 aromatic heterocycles. The highest BCUT2D eigenvalue weighted by molar-refractivity contribution is 8.26. The Labute approximate surface area is 232 Å². The summed E-state index contributed by atoms with van der Waals surface area (Å²) in [6, 6.07) is 15.9. The molecule has 4 rings (SSSR count). The molecule has 0 radical (unpaired) electrons. The van der Waals surface area contributed by atoms with E-state index in [4.69, 9.17) is 27.2 Å². The molecule has 2 aromatic carbocycles. The van der Waals surface area contributed by atoms with Crippen molar-refractivity contribution in [2.45, 2.75) is 46.0 Å². The molecule has 1 amide bonds. The number of aryl methyl sites for hydroxylation is 1. The molecule has 0 bridgehead atoms. The summed E-state index contributed by atoms with van der Waals surface area (Å²) in [6.45, 7) is 5.24. The largest absolute Gasteiger partial charge is 0.493 e. The zero-order valence-electron chi connectivity index (χ0n) is 21.6. The average Bonchev–Trinajstić information content (AvgIpc) is 3.44. The van der Waals surface area contributed by atoms with Crippen LogP contribution in [0.1, 0.15) is 50.2 Å². The molecule has 0 atom stereocenters. The number of hydrogen-bond donors (Lipinski definition) is 1. The van der Waals surface area contributed by atoms with Crippen LogP contribution in [0.15, 0.2) is 59.6 Å². The number of ether oxygens (including phenoxy) is 1. The Kier molecular flexibility index (Phi) is 9.36. The first-order valence-electron chi connectivity index (χ1n) is 12.7. The molecule has 198 valence electrons. The number of hydrogen-bond acceptors (Lipinski definition) is 6. The van der Waals surface area contributed by atoms with Crippen molar-refractivity contribution in [1.29, 1.82) is 0 Å². The number of rotatable bonds is 12. The molecule has 1 aliphatic rings. The van der Waals surface area contributed by atoms with Crippen LogP contribution in [0.2, 0.25) is 0 Å². The highest BCUT2D eigenvalue weighted by Crippen LogP contribution is 2.36. The van der Waals surface area contributed by atoms with Gasteiger partial charge in [-0.15, -0.1) is 0 Å². The monoisotopic (exact) mass is 549 g/mol. The van der Waals surface area contributed by atoms with E-state index in [2.05, 4.69) is 13.0 Å². The Morgan fingerprint density at radius 2 is 1.95 bits per heavy atom. The number of amides is 1. The minimum atomic E-state index is -0.802. The highest BCUT2D eigenvalue weighted by atomic mass is 32.2. The number of unbranched alkanes of at least 4 members (excludes halogenated alkanes) is 2. The van der Waals surface area contributed by atoms with Crippen molar-refractivity contribution in [3.63, 3.8) is 0 Å². The van der Waals surface area contributed by atoms with Gasteiger partial charge in [0.1, 0.15) is 15.8 Å². The fraction of sp³-hybridized carbons (Fsp3) is 0.310. The molecule has 0 spiro atoms. The van der Waals surface area contributed by atoms with Crippen LogP contribution < -0.4 is 4.74 Å². The Morgan fingerprint density at radius 3 is 2.66 bits per heavy atom. The molecule has 7 nitrogen and oxygen atoms in total. The van der Waals surface area contributed by atoms with Gasteiger partial charge in [-0.05, 0) is 68.2 Å². The van der Waals surface area contributed by atoms with Gasteiger partial charge >= 0.3 is 5.97 Å². The first-order chi connectivity index (χ1) is 18.4. The molecule has 1 fully saturated rings. The van der Waals surface area contributed by atoms with Gasteiger partial charge in [-0.1, -0.05) is 55.5 Å². The van der Waals surface area contributed by atoms with Gasteiger partial charge in [0, 0.05) is 30.3 Å². The van der Waals surface area contributed by atoms with Crippen LogP contribution in [-0.4, -0.2) is 49.1 Å². The van der Waals surface area contributed by atoms with Gasteiger partial charge in [-0.2, -0.15) is 5.10 Å². The van der Waals surface area contributed by atoms with Crippen LogP contribution in [0.3, 0.4) is 0 Å². The molecule has 38 heavy (non-hydrogen) atoms. The van der Waals surface area contributed by atoms with E-state index >= 15 is 0 Å². The van der Waals surface area contributed by atoms with E-state index in [0.717, 1.165) is 46.7 Å². The summed E-state index contributed by atoms with van der Waals surface area (Å²) in [4.78, 5) is 26.1. The molecule has 2 heterocycles. The van der Waals surface area contributed by atoms with Crippen LogP contribution >= 0.6 is 24.0 Å². The van der Waals surface area contributed by atoms with E-state index in [1.807, 2.05) is 66.3 Å². The molecule has 9 heteroatoms. The maximum atomic E-state index is 13.2. The van der Waals surface area contributed by atoms with Gasteiger partial charge in [0.25, 0.3) is 5.91 Å². The number of carbonyl (C=O) groups is 2. The van der Waals surface area contributed by atoms with Gasteiger partial charge in [-0.3, -0.25) is 14.5 Å². The van der Waals surface area contributed by atoms with E-state index in [-0.39, 0.29) is 12.3 Å². The van der Waals surface area contributed by atoms with Crippen molar-refractivity contribution in [2.75, 3.05) is 13.2 Å². The van der Waals surface area contributed by atoms with E-state index in [1.54, 1.807) is 4.90 Å². The second kappa shape index (κ2) is 12.9. The maximum absolute atomic E-state index is 13.2. The summed E-state index contributed by atoms with van der Waals surface area (Å²) in [5, 5.41) is 13.7. The summed E-state index contributed by atoms with van der Waals surface area (Å²) < 4.78 is 8.19.